The van der Waals surface area contributed by atoms with Crippen molar-refractivity contribution >= 4 is 5.91 Å². The van der Waals surface area contributed by atoms with Gasteiger partial charge in [-0.3, -0.25) is 9.69 Å². The van der Waals surface area contributed by atoms with Crippen LogP contribution >= 0.6 is 0 Å². The van der Waals surface area contributed by atoms with Gasteiger partial charge in [0.1, 0.15) is 0 Å². The fraction of sp³-hybridized carbons (Fsp3) is 0.409. The third kappa shape index (κ3) is 4.32. The molecule has 1 heterocycles. The molecule has 4 atom stereocenters. The number of carbonyl (C=O) groups is 1. The number of nitrogens with zero attached hydrogens (tertiary/aromatic N) is 1. The van der Waals surface area contributed by atoms with Crippen LogP contribution in [-0.4, -0.2) is 42.5 Å². The van der Waals surface area contributed by atoms with Crippen molar-refractivity contribution in [2.45, 2.75) is 37.8 Å². The van der Waals surface area contributed by atoms with Crippen LogP contribution in [0.1, 0.15) is 36.8 Å². The number of likely N-dealkylation sites (tertiary alicyclic amines) is 1. The Hall–Kier alpha value is -2.17. The van der Waals surface area contributed by atoms with E-state index in [0.717, 1.165) is 13.1 Å². The van der Waals surface area contributed by atoms with Crippen molar-refractivity contribution < 1.29 is 4.79 Å². The third-order valence-electron chi connectivity index (χ3n) is 5.50. The topological polar surface area (TPSA) is 58.4 Å². The summed E-state index contributed by atoms with van der Waals surface area (Å²) < 4.78 is 0. The summed E-state index contributed by atoms with van der Waals surface area (Å²) in [5.41, 5.74) is 8.86. The van der Waals surface area contributed by atoms with Gasteiger partial charge in [-0.15, -0.1) is 0 Å². The average molecular weight is 351 g/mol. The maximum Gasteiger partial charge on any atom is 0.237 e. The molecule has 26 heavy (non-hydrogen) atoms. The van der Waals surface area contributed by atoms with Crippen molar-refractivity contribution in [3.8, 4) is 0 Å². The van der Waals surface area contributed by atoms with Crippen molar-refractivity contribution in [3.05, 3.63) is 71.8 Å². The van der Waals surface area contributed by atoms with E-state index in [0.29, 0.717) is 12.5 Å². The second-order valence-corrected chi connectivity index (χ2v) is 7.37. The largest absolute Gasteiger partial charge is 0.354 e. The molecule has 1 aliphatic heterocycles. The van der Waals surface area contributed by atoms with Crippen LogP contribution in [0.25, 0.3) is 0 Å². The number of nitrogens with one attached hydrogen (secondary N) is 1. The highest BCUT2D eigenvalue weighted by Crippen LogP contribution is 2.27. The zero-order valence-electron chi connectivity index (χ0n) is 15.6. The predicted molar refractivity (Wildman–Crippen MR) is 106 cm³/mol. The molecule has 2 aromatic carbocycles. The van der Waals surface area contributed by atoms with E-state index in [1.807, 2.05) is 43.3 Å². The minimum Gasteiger partial charge on any atom is -0.354 e. The summed E-state index contributed by atoms with van der Waals surface area (Å²) in [7, 11) is 0. The lowest BCUT2D eigenvalue weighted by Crippen LogP contribution is -2.45. The summed E-state index contributed by atoms with van der Waals surface area (Å²) in [6, 6.07) is 20.5. The number of hydrogen-bond acceptors (Lipinski definition) is 3. The van der Waals surface area contributed by atoms with Crippen LogP contribution in [-0.2, 0) is 4.79 Å². The van der Waals surface area contributed by atoms with Crippen LogP contribution in [0.4, 0.5) is 0 Å². The number of hydrogen-bond donors (Lipinski definition) is 2. The lowest BCUT2D eigenvalue weighted by molar-refractivity contribution is -0.125. The van der Waals surface area contributed by atoms with Crippen LogP contribution in [0, 0.1) is 0 Å². The van der Waals surface area contributed by atoms with Crippen molar-refractivity contribution in [3.63, 3.8) is 0 Å². The van der Waals surface area contributed by atoms with Gasteiger partial charge >= 0.3 is 0 Å². The molecule has 4 heteroatoms. The molecular formula is C22H29N3O. The van der Waals surface area contributed by atoms with E-state index >= 15 is 0 Å². The Labute approximate surface area is 156 Å². The van der Waals surface area contributed by atoms with E-state index in [9.17, 15) is 4.79 Å². The van der Waals surface area contributed by atoms with E-state index in [1.165, 1.54) is 11.1 Å². The maximum atomic E-state index is 12.6. The molecule has 3 rings (SSSR count). The van der Waals surface area contributed by atoms with E-state index in [1.54, 1.807) is 0 Å². The van der Waals surface area contributed by atoms with E-state index < -0.39 is 0 Å². The van der Waals surface area contributed by atoms with Crippen molar-refractivity contribution in [2.24, 2.45) is 5.73 Å². The summed E-state index contributed by atoms with van der Waals surface area (Å²) in [6.45, 7) is 6.34. The van der Waals surface area contributed by atoms with Crippen LogP contribution < -0.4 is 11.1 Å². The Bertz CT molecular complexity index is 704. The maximum absolute atomic E-state index is 12.6. The first-order chi connectivity index (χ1) is 12.6. The molecule has 138 valence electrons. The molecule has 0 radical (unpaired) electrons. The monoisotopic (exact) mass is 351 g/mol. The fourth-order valence-corrected chi connectivity index (χ4v) is 3.70. The minimum absolute atomic E-state index is 0.0656. The normalized spacial score (nSPS) is 22.7. The molecule has 1 aliphatic rings. The number of benzene rings is 2. The molecule has 0 aromatic heterocycles. The van der Waals surface area contributed by atoms with Gasteiger partial charge in [0.2, 0.25) is 5.91 Å². The van der Waals surface area contributed by atoms with Gasteiger partial charge in [-0.05, 0) is 24.0 Å². The Morgan fingerprint density at radius 1 is 1.08 bits per heavy atom. The molecule has 1 saturated heterocycles. The molecule has 4 nitrogen and oxygen atoms in total. The van der Waals surface area contributed by atoms with Gasteiger partial charge in [-0.25, -0.2) is 0 Å². The molecule has 2 unspecified atom stereocenters. The Kier molecular flexibility index (Phi) is 6.07. The van der Waals surface area contributed by atoms with Gasteiger partial charge in [0.25, 0.3) is 0 Å². The highest BCUT2D eigenvalue weighted by molar-refractivity contribution is 5.81. The first-order valence-electron chi connectivity index (χ1n) is 9.43. The lowest BCUT2D eigenvalue weighted by Gasteiger charge is -2.24. The quantitative estimate of drug-likeness (QED) is 0.841. The van der Waals surface area contributed by atoms with Gasteiger partial charge in [-0.2, -0.15) is 0 Å². The fourth-order valence-electron chi connectivity index (χ4n) is 3.70. The van der Waals surface area contributed by atoms with Crippen LogP contribution in [0.15, 0.2) is 60.7 Å². The van der Waals surface area contributed by atoms with Crippen LogP contribution in [0.2, 0.25) is 0 Å². The lowest BCUT2D eigenvalue weighted by atomic mass is 9.95. The SMILES string of the molecule is CC(CNC(=O)C(C)N1C[C@@H](N)[C@H](c2ccccc2)C1)c1ccccc1. The Balaban J connectivity index is 1.54. The number of nitrogens with two attached hydrogens (primary N) is 1. The summed E-state index contributed by atoms with van der Waals surface area (Å²) in [4.78, 5) is 14.8. The zero-order chi connectivity index (χ0) is 18.5. The molecule has 0 bridgehead atoms. The van der Waals surface area contributed by atoms with Gasteiger partial charge in [0.15, 0.2) is 0 Å². The molecule has 0 aliphatic carbocycles. The molecule has 2 aromatic rings. The first-order valence-corrected chi connectivity index (χ1v) is 9.43. The second-order valence-electron chi connectivity index (χ2n) is 7.37. The van der Waals surface area contributed by atoms with E-state index in [4.69, 9.17) is 5.73 Å². The smallest absolute Gasteiger partial charge is 0.237 e. The Morgan fingerprint density at radius 2 is 1.69 bits per heavy atom. The zero-order valence-corrected chi connectivity index (χ0v) is 15.6. The van der Waals surface area contributed by atoms with Crippen LogP contribution in [0.3, 0.4) is 0 Å². The summed E-state index contributed by atoms with van der Waals surface area (Å²) in [5.74, 6) is 0.661. The minimum atomic E-state index is -0.169. The summed E-state index contributed by atoms with van der Waals surface area (Å²) in [6.07, 6.45) is 0. The molecule has 1 fully saturated rings. The molecule has 1 amide bonds. The van der Waals surface area contributed by atoms with Gasteiger partial charge in [0.05, 0.1) is 6.04 Å². The molecule has 3 N–H and O–H groups in total. The van der Waals surface area contributed by atoms with Gasteiger partial charge in [-0.1, -0.05) is 67.6 Å². The predicted octanol–water partition coefficient (Wildman–Crippen LogP) is 2.72. The summed E-state index contributed by atoms with van der Waals surface area (Å²) >= 11 is 0. The highest BCUT2D eigenvalue weighted by atomic mass is 16.2. The molecule has 0 saturated carbocycles. The Morgan fingerprint density at radius 3 is 2.35 bits per heavy atom. The average Bonchev–Trinajstić information content (AvgIpc) is 3.08. The first kappa shape index (κ1) is 18.6. The second kappa shape index (κ2) is 8.47. The highest BCUT2D eigenvalue weighted by Gasteiger charge is 2.35. The van der Waals surface area contributed by atoms with E-state index in [2.05, 4.69) is 41.4 Å². The van der Waals surface area contributed by atoms with Crippen molar-refractivity contribution in [1.29, 1.82) is 0 Å². The van der Waals surface area contributed by atoms with Gasteiger partial charge in [0, 0.05) is 31.6 Å². The van der Waals surface area contributed by atoms with Gasteiger partial charge < -0.3 is 11.1 Å². The molecular weight excluding hydrogens is 322 g/mol. The molecule has 0 spiro atoms. The third-order valence-corrected chi connectivity index (χ3v) is 5.50. The number of rotatable bonds is 6. The number of amides is 1. The van der Waals surface area contributed by atoms with Crippen LogP contribution in [0.5, 0.6) is 0 Å². The summed E-state index contributed by atoms with van der Waals surface area (Å²) in [5, 5.41) is 3.11. The van der Waals surface area contributed by atoms with E-state index in [-0.39, 0.29) is 23.9 Å². The van der Waals surface area contributed by atoms with Crippen molar-refractivity contribution in [1.82, 2.24) is 10.2 Å². The standard InChI is InChI=1S/C22H29N3O/c1-16(18-9-5-3-6-10-18)13-24-22(26)17(2)25-14-20(21(23)15-25)19-11-7-4-8-12-19/h3-12,16-17,20-21H,13-15,23H2,1-2H3,(H,24,26)/t16?,17?,20-,21+/m0/s1. The van der Waals surface area contributed by atoms with Crippen molar-refractivity contribution in [2.75, 3.05) is 19.6 Å². The number of carbonyl (C=O) groups excluding carboxylic acids is 1.